The summed E-state index contributed by atoms with van der Waals surface area (Å²) in [7, 11) is 0. The lowest BCUT2D eigenvalue weighted by Gasteiger charge is -2.15. The topological polar surface area (TPSA) is 159 Å². The number of carbonyl (C=O) groups is 1. The molecular formula is C14H11N3O6S. The molecular weight excluding hydrogens is 338 g/mol. The van der Waals surface area contributed by atoms with Crippen molar-refractivity contribution in [1.82, 2.24) is 5.16 Å². The summed E-state index contributed by atoms with van der Waals surface area (Å²) < 4.78 is 10.3. The Hall–Kier alpha value is -2.98. The molecule has 1 aromatic carbocycles. The van der Waals surface area contributed by atoms with Gasteiger partial charge in [-0.2, -0.15) is 0 Å². The van der Waals surface area contributed by atoms with Crippen LogP contribution in [0, 0.1) is 0 Å². The lowest BCUT2D eigenvalue weighted by atomic mass is 9.94. The summed E-state index contributed by atoms with van der Waals surface area (Å²) in [5, 5.41) is 14.2. The van der Waals surface area contributed by atoms with Gasteiger partial charge in [0.25, 0.3) is 5.88 Å². The molecule has 0 amide bonds. The number of anilines is 1. The predicted octanol–water partition coefficient (Wildman–Crippen LogP) is 0.0928. The second-order valence-corrected chi connectivity index (χ2v) is 5.80. The molecule has 0 aliphatic carbocycles. The zero-order chi connectivity index (χ0) is 17.4. The molecule has 0 fully saturated rings. The molecule has 3 rings (SSSR count). The van der Waals surface area contributed by atoms with Crippen LogP contribution in [0.25, 0.3) is 10.6 Å². The van der Waals surface area contributed by atoms with Crippen molar-refractivity contribution < 1.29 is 19.2 Å². The molecule has 1 atom stereocenters. The first kappa shape index (κ1) is 15.9. The lowest BCUT2D eigenvalue weighted by Crippen LogP contribution is -2.41. The highest BCUT2D eigenvalue weighted by atomic mass is 32.1. The van der Waals surface area contributed by atoms with Crippen molar-refractivity contribution >= 4 is 23.0 Å². The molecule has 5 N–H and O–H groups in total. The van der Waals surface area contributed by atoms with E-state index >= 15 is 0 Å². The van der Waals surface area contributed by atoms with Gasteiger partial charge in [0.2, 0.25) is 10.9 Å². The summed E-state index contributed by atoms with van der Waals surface area (Å²) in [6.45, 7) is -0.669. The van der Waals surface area contributed by atoms with E-state index in [-0.39, 0.29) is 28.5 Å². The van der Waals surface area contributed by atoms with Crippen molar-refractivity contribution in [2.24, 2.45) is 5.73 Å². The van der Waals surface area contributed by atoms with Crippen molar-refractivity contribution in [3.8, 4) is 16.5 Å². The summed E-state index contributed by atoms with van der Waals surface area (Å²) in [6, 6.07) is 2.37. The molecule has 0 saturated heterocycles. The Bertz CT molecular complexity index is 968. The van der Waals surface area contributed by atoms with E-state index in [0.717, 1.165) is 0 Å². The van der Waals surface area contributed by atoms with Crippen LogP contribution in [-0.4, -0.2) is 22.8 Å². The summed E-state index contributed by atoms with van der Waals surface area (Å²) in [5.41, 5.74) is 9.90. The van der Waals surface area contributed by atoms with Gasteiger partial charge < -0.3 is 25.8 Å². The van der Waals surface area contributed by atoms with Gasteiger partial charge in [-0.1, -0.05) is 6.07 Å². The minimum Gasteiger partial charge on any atom is -0.479 e. The van der Waals surface area contributed by atoms with E-state index in [1.165, 1.54) is 11.3 Å². The van der Waals surface area contributed by atoms with Gasteiger partial charge in [-0.25, -0.2) is 4.79 Å². The van der Waals surface area contributed by atoms with E-state index in [1.54, 1.807) is 17.5 Å². The minimum atomic E-state index is -1.22. The molecule has 0 bridgehead atoms. The Balaban J connectivity index is 2.09. The highest BCUT2D eigenvalue weighted by molar-refractivity contribution is 7.13. The average molecular weight is 349 g/mol. The van der Waals surface area contributed by atoms with Crippen LogP contribution in [0.5, 0.6) is 5.88 Å². The van der Waals surface area contributed by atoms with E-state index in [0.29, 0.717) is 4.88 Å². The highest BCUT2D eigenvalue weighted by Crippen LogP contribution is 2.39. The Kier molecular flexibility index (Phi) is 3.91. The maximum atomic E-state index is 11.7. The van der Waals surface area contributed by atoms with Crippen LogP contribution < -0.4 is 27.1 Å². The minimum absolute atomic E-state index is 0.0684. The molecule has 0 aliphatic heterocycles. The van der Waals surface area contributed by atoms with Gasteiger partial charge in [-0.15, -0.1) is 11.3 Å². The van der Waals surface area contributed by atoms with Gasteiger partial charge in [-0.05, 0) is 16.6 Å². The number of hydrogen-bond acceptors (Lipinski definition) is 9. The molecule has 2 aromatic heterocycles. The largest absolute Gasteiger partial charge is 0.479 e. The quantitative estimate of drug-likeness (QED) is 0.524. The normalized spacial score (nSPS) is 12.4. The maximum absolute atomic E-state index is 11.7. The number of hydrogen-bond donors (Lipinski definition) is 3. The van der Waals surface area contributed by atoms with Gasteiger partial charge in [0.05, 0.1) is 27.7 Å². The first-order valence-corrected chi connectivity index (χ1v) is 7.52. The van der Waals surface area contributed by atoms with E-state index in [4.69, 9.17) is 25.8 Å². The van der Waals surface area contributed by atoms with Crippen LogP contribution in [-0.2, 0) is 4.79 Å². The summed E-state index contributed by atoms with van der Waals surface area (Å²) >= 11 is 1.32. The molecule has 3 aromatic rings. The Labute approximate surface area is 137 Å². The Morgan fingerprint density at radius 2 is 2.12 bits per heavy atom. The number of thiophene rings is 1. The van der Waals surface area contributed by atoms with E-state index in [1.807, 2.05) is 0 Å². The Morgan fingerprint density at radius 3 is 2.71 bits per heavy atom. The van der Waals surface area contributed by atoms with Crippen molar-refractivity contribution in [1.29, 1.82) is 0 Å². The first-order valence-electron chi connectivity index (χ1n) is 6.64. The van der Waals surface area contributed by atoms with Gasteiger partial charge in [0, 0.05) is 0 Å². The fourth-order valence-electron chi connectivity index (χ4n) is 2.26. The standard InChI is InChI=1S/C14H11N3O6S/c15-9(7-10(16)12(21)11(7)20)8-13(5-2-1-3-24-5)23-17-14(8)22-4-6(18)19/h1-3,9H,4,15-16H2,(H,18,19). The fourth-order valence-corrected chi connectivity index (χ4v) is 2.97. The van der Waals surface area contributed by atoms with E-state index in [9.17, 15) is 14.4 Å². The number of nitrogens with zero attached hydrogens (tertiary/aromatic N) is 1. The number of rotatable bonds is 6. The number of ether oxygens (including phenoxy) is 1. The SMILES string of the molecule is Nc1c(C(N)c2c(OCC(=O)O)noc2-c2cccs2)c(=O)c1=O. The second kappa shape index (κ2) is 5.91. The third kappa shape index (κ3) is 2.47. The molecule has 24 heavy (non-hydrogen) atoms. The monoisotopic (exact) mass is 349 g/mol. The van der Waals surface area contributed by atoms with Crippen LogP contribution >= 0.6 is 11.3 Å². The summed E-state index contributed by atoms with van der Waals surface area (Å²) in [6.07, 6.45) is 0. The van der Waals surface area contributed by atoms with Gasteiger partial charge in [0.1, 0.15) is 0 Å². The number of carboxylic acid groups (broad SMARTS) is 1. The average Bonchev–Trinajstić information content (AvgIpc) is 3.21. The second-order valence-electron chi connectivity index (χ2n) is 4.85. The number of nitrogen functional groups attached to an aromatic ring is 1. The van der Waals surface area contributed by atoms with Crippen molar-refractivity contribution in [3.05, 3.63) is 49.1 Å². The third-order valence-electron chi connectivity index (χ3n) is 3.38. The number of aromatic nitrogens is 1. The van der Waals surface area contributed by atoms with Gasteiger partial charge in [-0.3, -0.25) is 9.59 Å². The smallest absolute Gasteiger partial charge is 0.341 e. The summed E-state index contributed by atoms with van der Waals surface area (Å²) in [5.74, 6) is -1.16. The summed E-state index contributed by atoms with van der Waals surface area (Å²) in [4.78, 5) is 34.4. The first-order chi connectivity index (χ1) is 11.4. The molecule has 0 saturated carbocycles. The van der Waals surface area contributed by atoms with Crippen molar-refractivity contribution in [3.63, 3.8) is 0 Å². The third-order valence-corrected chi connectivity index (χ3v) is 4.25. The predicted molar refractivity (Wildman–Crippen MR) is 84.7 cm³/mol. The van der Waals surface area contributed by atoms with Gasteiger partial charge >= 0.3 is 5.97 Å². The molecule has 0 aliphatic rings. The molecule has 9 nitrogen and oxygen atoms in total. The van der Waals surface area contributed by atoms with Crippen LogP contribution in [0.1, 0.15) is 17.2 Å². The number of nitrogens with two attached hydrogens (primary N) is 2. The van der Waals surface area contributed by atoms with Crippen molar-refractivity contribution in [2.45, 2.75) is 6.04 Å². The zero-order valence-electron chi connectivity index (χ0n) is 12.0. The van der Waals surface area contributed by atoms with Crippen LogP contribution in [0.15, 0.2) is 31.6 Å². The molecule has 10 heteroatoms. The van der Waals surface area contributed by atoms with Crippen LogP contribution in [0.2, 0.25) is 0 Å². The molecule has 124 valence electrons. The Morgan fingerprint density at radius 1 is 1.38 bits per heavy atom. The van der Waals surface area contributed by atoms with Gasteiger partial charge in [0.15, 0.2) is 12.4 Å². The fraction of sp³-hybridized carbons (Fsp3) is 0.143. The highest BCUT2D eigenvalue weighted by Gasteiger charge is 2.32. The van der Waals surface area contributed by atoms with E-state index < -0.39 is 29.5 Å². The molecule has 1 unspecified atom stereocenters. The molecule has 2 heterocycles. The maximum Gasteiger partial charge on any atom is 0.341 e. The zero-order valence-corrected chi connectivity index (χ0v) is 12.8. The van der Waals surface area contributed by atoms with Crippen LogP contribution in [0.3, 0.4) is 0 Å². The molecule has 0 radical (unpaired) electrons. The van der Waals surface area contributed by atoms with E-state index in [2.05, 4.69) is 5.16 Å². The number of carboxylic acids is 1. The number of aliphatic carboxylic acids is 1. The van der Waals surface area contributed by atoms with Crippen LogP contribution in [0.4, 0.5) is 5.69 Å². The lowest BCUT2D eigenvalue weighted by molar-refractivity contribution is -0.139. The van der Waals surface area contributed by atoms with Crippen molar-refractivity contribution in [2.75, 3.05) is 12.3 Å². The molecule has 0 spiro atoms.